The SMILES string of the molecule is COc1c([C@H]2[C@H](c3nc(C)c(CCN(C)C)c(OCc4ccccc4)n3)O[C@@](C)(C(F)(F)F)[C@H]2C)ccc(F)c1F. The first-order valence-electron chi connectivity index (χ1n) is 13.2. The molecule has 0 unspecified atom stereocenters. The van der Waals surface area contributed by atoms with Crippen molar-refractivity contribution < 1.29 is 36.2 Å². The molecule has 1 saturated heterocycles. The van der Waals surface area contributed by atoms with Crippen LogP contribution in [0.15, 0.2) is 42.5 Å². The van der Waals surface area contributed by atoms with Crippen molar-refractivity contribution in [2.75, 3.05) is 27.7 Å². The van der Waals surface area contributed by atoms with Gasteiger partial charge >= 0.3 is 6.18 Å². The number of aryl methyl sites for hydroxylation is 1. The number of hydrogen-bond donors (Lipinski definition) is 0. The molecular weight excluding hydrogens is 545 g/mol. The molecule has 11 heteroatoms. The van der Waals surface area contributed by atoms with E-state index in [1.165, 1.54) is 13.0 Å². The van der Waals surface area contributed by atoms with Gasteiger partial charge in [-0.25, -0.2) is 9.37 Å². The Morgan fingerprint density at radius 3 is 2.34 bits per heavy atom. The van der Waals surface area contributed by atoms with Crippen LogP contribution in [-0.2, 0) is 17.8 Å². The van der Waals surface area contributed by atoms with Crippen LogP contribution in [0.25, 0.3) is 0 Å². The molecule has 0 spiro atoms. The van der Waals surface area contributed by atoms with Crippen molar-refractivity contribution in [3.8, 4) is 11.6 Å². The van der Waals surface area contributed by atoms with E-state index in [1.807, 2.05) is 49.3 Å². The topological polar surface area (TPSA) is 56.7 Å². The van der Waals surface area contributed by atoms with Crippen LogP contribution >= 0.6 is 0 Å². The van der Waals surface area contributed by atoms with E-state index in [1.54, 1.807) is 6.92 Å². The molecular formula is C30H34F5N3O3. The van der Waals surface area contributed by atoms with Crippen molar-refractivity contribution in [3.63, 3.8) is 0 Å². The van der Waals surface area contributed by atoms with Crippen molar-refractivity contribution in [1.29, 1.82) is 0 Å². The smallest absolute Gasteiger partial charge is 0.417 e. The van der Waals surface area contributed by atoms with Gasteiger partial charge in [-0.1, -0.05) is 43.3 Å². The van der Waals surface area contributed by atoms with Gasteiger partial charge in [-0.3, -0.25) is 0 Å². The highest BCUT2D eigenvalue weighted by Gasteiger charge is 2.65. The van der Waals surface area contributed by atoms with Gasteiger partial charge in [0.25, 0.3) is 0 Å². The number of alkyl halides is 3. The van der Waals surface area contributed by atoms with Crippen molar-refractivity contribution in [1.82, 2.24) is 14.9 Å². The summed E-state index contributed by atoms with van der Waals surface area (Å²) in [6.45, 7) is 4.88. The fraction of sp³-hybridized carbons (Fsp3) is 0.467. The van der Waals surface area contributed by atoms with Crippen molar-refractivity contribution in [2.45, 2.75) is 57.6 Å². The van der Waals surface area contributed by atoms with Crippen LogP contribution in [0.4, 0.5) is 22.0 Å². The Kier molecular flexibility index (Phi) is 8.89. The highest BCUT2D eigenvalue weighted by molar-refractivity contribution is 5.42. The normalized spacial score (nSPS) is 22.8. The third-order valence-corrected chi connectivity index (χ3v) is 7.79. The minimum Gasteiger partial charge on any atom is -0.493 e. The van der Waals surface area contributed by atoms with Gasteiger partial charge in [0, 0.05) is 35.2 Å². The summed E-state index contributed by atoms with van der Waals surface area (Å²) in [5, 5.41) is 0. The van der Waals surface area contributed by atoms with Crippen LogP contribution in [0.3, 0.4) is 0 Å². The Bertz CT molecular complexity index is 1370. The van der Waals surface area contributed by atoms with E-state index in [0.29, 0.717) is 24.2 Å². The van der Waals surface area contributed by atoms with Crippen molar-refractivity contribution in [3.05, 3.63) is 82.3 Å². The minimum atomic E-state index is -4.78. The summed E-state index contributed by atoms with van der Waals surface area (Å²) in [6, 6.07) is 11.5. The van der Waals surface area contributed by atoms with Crippen LogP contribution in [-0.4, -0.2) is 54.4 Å². The van der Waals surface area contributed by atoms with Crippen LogP contribution in [0, 0.1) is 24.5 Å². The zero-order valence-corrected chi connectivity index (χ0v) is 23.9. The molecule has 3 aromatic rings. The van der Waals surface area contributed by atoms with Gasteiger partial charge in [-0.15, -0.1) is 0 Å². The Hall–Kier alpha value is -3.31. The van der Waals surface area contributed by atoms with Gasteiger partial charge in [0.15, 0.2) is 23.0 Å². The van der Waals surface area contributed by atoms with Crippen LogP contribution in [0.2, 0.25) is 0 Å². The summed E-state index contributed by atoms with van der Waals surface area (Å²) >= 11 is 0. The van der Waals surface area contributed by atoms with Gasteiger partial charge in [-0.05, 0) is 46.0 Å². The second kappa shape index (κ2) is 11.9. The molecule has 0 amide bonds. The first-order chi connectivity index (χ1) is 19.3. The molecule has 1 fully saturated rings. The van der Waals surface area contributed by atoms with E-state index in [0.717, 1.165) is 25.7 Å². The third-order valence-electron chi connectivity index (χ3n) is 7.79. The Labute approximate surface area is 236 Å². The molecule has 1 aliphatic rings. The summed E-state index contributed by atoms with van der Waals surface area (Å²) in [7, 11) is 4.97. The summed E-state index contributed by atoms with van der Waals surface area (Å²) in [6.07, 6.45) is -5.61. The quantitative estimate of drug-likeness (QED) is 0.268. The maximum absolute atomic E-state index is 14.8. The number of benzene rings is 2. The average Bonchev–Trinajstić information content (AvgIpc) is 3.20. The van der Waals surface area contributed by atoms with Crippen LogP contribution in [0.1, 0.15) is 54.1 Å². The molecule has 0 aliphatic carbocycles. The van der Waals surface area contributed by atoms with E-state index < -0.39 is 47.1 Å². The Morgan fingerprint density at radius 2 is 1.73 bits per heavy atom. The van der Waals surface area contributed by atoms with Crippen LogP contribution < -0.4 is 9.47 Å². The molecule has 0 bridgehead atoms. The molecule has 0 N–H and O–H groups in total. The first-order valence-corrected chi connectivity index (χ1v) is 13.2. The number of likely N-dealkylation sites (N-methyl/N-ethyl adjacent to an activating group) is 1. The van der Waals surface area contributed by atoms with Gasteiger partial charge in [0.1, 0.15) is 12.7 Å². The summed E-state index contributed by atoms with van der Waals surface area (Å²) in [4.78, 5) is 11.2. The number of ether oxygens (including phenoxy) is 3. The molecule has 4 atom stereocenters. The first kappa shape index (κ1) is 30.6. The monoisotopic (exact) mass is 579 g/mol. The minimum absolute atomic E-state index is 0.0292. The maximum Gasteiger partial charge on any atom is 0.417 e. The lowest BCUT2D eigenvalue weighted by atomic mass is 9.77. The van der Waals surface area contributed by atoms with Gasteiger partial charge in [-0.2, -0.15) is 22.5 Å². The van der Waals surface area contributed by atoms with Crippen molar-refractivity contribution in [2.24, 2.45) is 5.92 Å². The largest absolute Gasteiger partial charge is 0.493 e. The van der Waals surface area contributed by atoms with E-state index >= 15 is 0 Å². The molecule has 0 radical (unpaired) electrons. The molecule has 1 aromatic heterocycles. The number of aromatic nitrogens is 2. The maximum atomic E-state index is 14.8. The lowest BCUT2D eigenvalue weighted by molar-refractivity contribution is -0.275. The highest BCUT2D eigenvalue weighted by atomic mass is 19.4. The van der Waals surface area contributed by atoms with E-state index in [-0.39, 0.29) is 23.9 Å². The molecule has 2 heterocycles. The second-order valence-electron chi connectivity index (χ2n) is 10.7. The van der Waals surface area contributed by atoms with Crippen LogP contribution in [0.5, 0.6) is 11.6 Å². The number of halogens is 5. The van der Waals surface area contributed by atoms with Crippen molar-refractivity contribution >= 4 is 0 Å². The number of hydrogen-bond acceptors (Lipinski definition) is 6. The third kappa shape index (κ3) is 6.01. The van der Waals surface area contributed by atoms with Gasteiger partial charge < -0.3 is 19.1 Å². The summed E-state index contributed by atoms with van der Waals surface area (Å²) < 4.78 is 89.2. The molecule has 2 aromatic carbocycles. The number of rotatable bonds is 9. The zero-order chi connectivity index (χ0) is 30.1. The van der Waals surface area contributed by atoms with E-state index in [4.69, 9.17) is 14.2 Å². The number of methoxy groups -OCH3 is 1. The van der Waals surface area contributed by atoms with E-state index in [9.17, 15) is 22.0 Å². The lowest BCUT2D eigenvalue weighted by Gasteiger charge is -2.32. The fourth-order valence-electron chi connectivity index (χ4n) is 5.22. The molecule has 0 saturated carbocycles. The fourth-order valence-corrected chi connectivity index (χ4v) is 5.22. The zero-order valence-electron chi connectivity index (χ0n) is 23.9. The average molecular weight is 580 g/mol. The second-order valence-corrected chi connectivity index (χ2v) is 10.7. The molecule has 222 valence electrons. The number of nitrogens with zero attached hydrogens (tertiary/aromatic N) is 3. The predicted octanol–water partition coefficient (Wildman–Crippen LogP) is 6.57. The Morgan fingerprint density at radius 1 is 1.05 bits per heavy atom. The Balaban J connectivity index is 1.85. The summed E-state index contributed by atoms with van der Waals surface area (Å²) in [5.41, 5.74) is -0.493. The van der Waals surface area contributed by atoms with E-state index in [2.05, 4.69) is 9.97 Å². The van der Waals surface area contributed by atoms with Gasteiger partial charge in [0.2, 0.25) is 11.7 Å². The molecule has 1 aliphatic heterocycles. The molecule has 6 nitrogen and oxygen atoms in total. The molecule has 41 heavy (non-hydrogen) atoms. The highest BCUT2D eigenvalue weighted by Crippen LogP contribution is 2.59. The molecule has 4 rings (SSSR count). The standard InChI is InChI=1S/C30H34F5N3O3/c1-17-23(21-12-13-22(31)24(32)25(21)39-6)26(41-29(17,3)30(33,34)35)27-36-18(2)20(14-15-38(4)5)28(37-27)40-16-19-10-8-7-9-11-19/h7-13,17,23,26H,14-16H2,1-6H3/t17-,23-,26+,29+/m0/s1. The van der Waals surface area contributed by atoms with Gasteiger partial charge in [0.05, 0.1) is 7.11 Å². The predicted molar refractivity (Wildman–Crippen MR) is 143 cm³/mol. The summed E-state index contributed by atoms with van der Waals surface area (Å²) in [5.74, 6) is -5.14. The lowest BCUT2D eigenvalue weighted by Crippen LogP contribution is -2.46.